The van der Waals surface area contributed by atoms with E-state index in [-0.39, 0.29) is 11.6 Å². The molecule has 0 saturated carbocycles. The van der Waals surface area contributed by atoms with Gasteiger partial charge in [-0.15, -0.1) is 0 Å². The molecule has 116 valence electrons. The van der Waals surface area contributed by atoms with Gasteiger partial charge >= 0.3 is 0 Å². The van der Waals surface area contributed by atoms with Crippen LogP contribution in [0.1, 0.15) is 15.9 Å². The summed E-state index contributed by atoms with van der Waals surface area (Å²) in [4.78, 5) is 17.3. The average molecular weight is 336 g/mol. The Morgan fingerprint density at radius 2 is 1.75 bits per heavy atom. The molecule has 0 aliphatic heterocycles. The lowest BCUT2D eigenvalue weighted by molar-refractivity contribution is 0.104. The van der Waals surface area contributed by atoms with Crippen molar-refractivity contribution in [2.45, 2.75) is 0 Å². The van der Waals surface area contributed by atoms with Crippen LogP contribution in [-0.2, 0) is 0 Å². The molecule has 0 radical (unpaired) electrons. The molecule has 0 saturated heterocycles. The zero-order valence-electron chi connectivity index (χ0n) is 12.5. The minimum absolute atomic E-state index is 0.161. The number of nitrogens with zero attached hydrogens (tertiary/aromatic N) is 1. The first-order valence-corrected chi connectivity index (χ1v) is 7.79. The SMILES string of the molecule is O=C(c1ccccc1)c1cc(Cl)cc2cc3c(F)cccc3nc12. The van der Waals surface area contributed by atoms with E-state index in [9.17, 15) is 9.18 Å². The Balaban J connectivity index is 2.03. The third-order valence-electron chi connectivity index (χ3n) is 3.95. The molecule has 0 N–H and O–H groups in total. The Morgan fingerprint density at radius 3 is 2.54 bits per heavy atom. The average Bonchev–Trinajstić information content (AvgIpc) is 2.60. The van der Waals surface area contributed by atoms with Crippen molar-refractivity contribution in [1.82, 2.24) is 4.98 Å². The van der Waals surface area contributed by atoms with Gasteiger partial charge in [0.2, 0.25) is 0 Å². The lowest BCUT2D eigenvalue weighted by Gasteiger charge is -2.08. The lowest BCUT2D eigenvalue weighted by atomic mass is 9.99. The van der Waals surface area contributed by atoms with Crippen LogP contribution in [0.2, 0.25) is 5.02 Å². The van der Waals surface area contributed by atoms with E-state index >= 15 is 0 Å². The fraction of sp³-hybridized carbons (Fsp3) is 0. The van der Waals surface area contributed by atoms with Crippen LogP contribution < -0.4 is 0 Å². The molecule has 4 aromatic rings. The van der Waals surface area contributed by atoms with Gasteiger partial charge in [-0.3, -0.25) is 4.79 Å². The molecule has 2 nitrogen and oxygen atoms in total. The topological polar surface area (TPSA) is 30.0 Å². The molecule has 0 bridgehead atoms. The Morgan fingerprint density at radius 1 is 0.958 bits per heavy atom. The molecule has 3 aromatic carbocycles. The van der Waals surface area contributed by atoms with Gasteiger partial charge in [0, 0.05) is 21.4 Å². The highest BCUT2D eigenvalue weighted by Gasteiger charge is 2.16. The largest absolute Gasteiger partial charge is 0.289 e. The van der Waals surface area contributed by atoms with E-state index in [0.717, 1.165) is 0 Å². The van der Waals surface area contributed by atoms with Gasteiger partial charge in [-0.2, -0.15) is 0 Å². The summed E-state index contributed by atoms with van der Waals surface area (Å²) in [5, 5.41) is 1.46. The summed E-state index contributed by atoms with van der Waals surface area (Å²) in [6.07, 6.45) is 0. The number of ketones is 1. The molecule has 24 heavy (non-hydrogen) atoms. The summed E-state index contributed by atoms with van der Waals surface area (Å²) in [6.45, 7) is 0. The van der Waals surface area contributed by atoms with E-state index in [1.165, 1.54) is 6.07 Å². The first kappa shape index (κ1) is 14.8. The Kier molecular flexibility index (Phi) is 3.51. The number of aromatic nitrogens is 1. The Labute approximate surface area is 142 Å². The van der Waals surface area contributed by atoms with Crippen LogP contribution in [0.4, 0.5) is 4.39 Å². The van der Waals surface area contributed by atoms with Crippen molar-refractivity contribution in [1.29, 1.82) is 0 Å². The van der Waals surface area contributed by atoms with Gasteiger partial charge in [-0.1, -0.05) is 48.0 Å². The summed E-state index contributed by atoms with van der Waals surface area (Å²) < 4.78 is 14.0. The molecule has 0 amide bonds. The summed E-state index contributed by atoms with van der Waals surface area (Å²) >= 11 is 6.17. The highest BCUT2D eigenvalue weighted by Crippen LogP contribution is 2.28. The molecule has 0 aliphatic carbocycles. The number of hydrogen-bond donors (Lipinski definition) is 0. The molecule has 0 atom stereocenters. The maximum Gasteiger partial charge on any atom is 0.195 e. The summed E-state index contributed by atoms with van der Waals surface area (Å²) in [5.41, 5.74) is 2.00. The predicted octanol–water partition coefficient (Wildman–Crippen LogP) is 5.41. The summed E-state index contributed by atoms with van der Waals surface area (Å²) in [7, 11) is 0. The second-order valence-electron chi connectivity index (χ2n) is 5.52. The maximum atomic E-state index is 14.0. The van der Waals surface area contributed by atoms with Crippen molar-refractivity contribution in [3.8, 4) is 0 Å². The Hall–Kier alpha value is -2.78. The Bertz CT molecular complexity index is 1090. The van der Waals surface area contributed by atoms with Crippen LogP contribution in [0.3, 0.4) is 0 Å². The third kappa shape index (κ3) is 2.43. The van der Waals surface area contributed by atoms with E-state index in [4.69, 9.17) is 11.6 Å². The zero-order valence-corrected chi connectivity index (χ0v) is 13.2. The fourth-order valence-corrected chi connectivity index (χ4v) is 3.04. The number of rotatable bonds is 2. The molecular formula is C20H11ClFNO. The maximum absolute atomic E-state index is 14.0. The van der Waals surface area contributed by atoms with Crippen molar-refractivity contribution >= 4 is 39.2 Å². The van der Waals surface area contributed by atoms with Gasteiger partial charge < -0.3 is 0 Å². The van der Waals surface area contributed by atoms with Crippen LogP contribution in [0, 0.1) is 5.82 Å². The van der Waals surface area contributed by atoms with Crippen molar-refractivity contribution in [2.75, 3.05) is 0 Å². The molecule has 1 aromatic heterocycles. The highest BCUT2D eigenvalue weighted by atomic mass is 35.5. The number of fused-ring (bicyclic) bond motifs is 2. The van der Waals surface area contributed by atoms with Crippen molar-refractivity contribution in [3.05, 3.63) is 88.7 Å². The number of halogens is 2. The monoisotopic (exact) mass is 335 g/mol. The van der Waals surface area contributed by atoms with Crippen LogP contribution in [0.15, 0.2) is 66.7 Å². The number of carbonyl (C=O) groups is 1. The molecular weight excluding hydrogens is 325 g/mol. The van der Waals surface area contributed by atoms with Crippen molar-refractivity contribution < 1.29 is 9.18 Å². The minimum atomic E-state index is -0.349. The third-order valence-corrected chi connectivity index (χ3v) is 4.16. The van der Waals surface area contributed by atoms with Gasteiger partial charge in [0.1, 0.15) is 5.82 Å². The molecule has 4 rings (SSSR count). The van der Waals surface area contributed by atoms with Gasteiger partial charge in [0.05, 0.1) is 16.6 Å². The smallest absolute Gasteiger partial charge is 0.195 e. The minimum Gasteiger partial charge on any atom is -0.289 e. The second kappa shape index (κ2) is 5.69. The van der Waals surface area contributed by atoms with E-state index in [1.807, 2.05) is 6.07 Å². The standard InChI is InChI=1S/C20H11ClFNO/c21-14-9-13-10-15-17(22)7-4-8-18(15)23-19(13)16(11-14)20(24)12-5-2-1-3-6-12/h1-11H. The van der Waals surface area contributed by atoms with E-state index in [0.29, 0.717) is 38.0 Å². The van der Waals surface area contributed by atoms with Crippen molar-refractivity contribution in [2.24, 2.45) is 0 Å². The second-order valence-corrected chi connectivity index (χ2v) is 5.95. The van der Waals surface area contributed by atoms with Crippen molar-refractivity contribution in [3.63, 3.8) is 0 Å². The number of hydrogen-bond acceptors (Lipinski definition) is 2. The molecule has 0 unspecified atom stereocenters. The first-order valence-electron chi connectivity index (χ1n) is 7.42. The van der Waals surface area contributed by atoms with Gasteiger partial charge in [0.25, 0.3) is 0 Å². The summed E-state index contributed by atoms with van der Waals surface area (Å²) in [6, 6.07) is 18.6. The quantitative estimate of drug-likeness (QED) is 0.362. The number of carbonyl (C=O) groups excluding carboxylic acids is 1. The lowest BCUT2D eigenvalue weighted by Crippen LogP contribution is -2.03. The molecule has 1 heterocycles. The highest BCUT2D eigenvalue weighted by molar-refractivity contribution is 6.32. The number of pyridine rings is 1. The first-order chi connectivity index (χ1) is 11.6. The fourth-order valence-electron chi connectivity index (χ4n) is 2.82. The molecule has 0 fully saturated rings. The van der Waals surface area contributed by atoms with Crippen LogP contribution in [-0.4, -0.2) is 10.8 Å². The summed E-state index contributed by atoms with van der Waals surface area (Å²) in [5.74, 6) is -0.510. The molecule has 0 spiro atoms. The van der Waals surface area contributed by atoms with E-state index in [1.54, 1.807) is 54.6 Å². The van der Waals surface area contributed by atoms with Crippen LogP contribution in [0.5, 0.6) is 0 Å². The van der Waals surface area contributed by atoms with Crippen LogP contribution >= 0.6 is 11.6 Å². The zero-order chi connectivity index (χ0) is 16.7. The number of benzene rings is 3. The van der Waals surface area contributed by atoms with Gasteiger partial charge in [-0.25, -0.2) is 9.37 Å². The molecule has 0 aliphatic rings. The predicted molar refractivity (Wildman–Crippen MR) is 94.1 cm³/mol. The van der Waals surface area contributed by atoms with Crippen LogP contribution in [0.25, 0.3) is 21.8 Å². The van der Waals surface area contributed by atoms with Gasteiger partial charge in [0.15, 0.2) is 5.78 Å². The van der Waals surface area contributed by atoms with Gasteiger partial charge in [-0.05, 0) is 30.3 Å². The van der Waals surface area contributed by atoms with E-state index < -0.39 is 0 Å². The molecule has 4 heteroatoms. The normalized spacial score (nSPS) is 11.1. The van der Waals surface area contributed by atoms with E-state index in [2.05, 4.69) is 4.98 Å².